The fourth-order valence-electron chi connectivity index (χ4n) is 1.64. The highest BCUT2D eigenvalue weighted by molar-refractivity contribution is 6.12. The van der Waals surface area contributed by atoms with Crippen LogP contribution in [0.4, 0.5) is 4.79 Å². The summed E-state index contributed by atoms with van der Waals surface area (Å²) < 4.78 is 5.02. The Morgan fingerprint density at radius 2 is 1.68 bits per heavy atom. The predicted octanol–water partition coefficient (Wildman–Crippen LogP) is -0.0576. The summed E-state index contributed by atoms with van der Waals surface area (Å²) in [5, 5.41) is 5.03. The van der Waals surface area contributed by atoms with Gasteiger partial charge < -0.3 is 15.4 Å². The number of carbonyl (C=O) groups is 4. The largest absolute Gasteiger partial charge is 0.444 e. The molecule has 0 radical (unpaired) electrons. The highest BCUT2D eigenvalue weighted by atomic mass is 16.6. The second kappa shape index (κ2) is 7.58. The molecular weight excluding hydrogens is 290 g/mol. The third-order valence-electron chi connectivity index (χ3n) is 2.58. The molecule has 1 rings (SSSR count). The maximum Gasteiger partial charge on any atom is 0.407 e. The summed E-state index contributed by atoms with van der Waals surface area (Å²) in [6.45, 7) is 5.67. The number of alkyl carbamates (subject to hydrolysis) is 1. The van der Waals surface area contributed by atoms with E-state index < -0.39 is 11.7 Å². The molecule has 0 aliphatic carbocycles. The van der Waals surface area contributed by atoms with Crippen molar-refractivity contribution in [3.8, 4) is 0 Å². The van der Waals surface area contributed by atoms with Gasteiger partial charge in [-0.1, -0.05) is 0 Å². The Labute approximate surface area is 128 Å². The first-order chi connectivity index (χ1) is 10.2. The van der Waals surface area contributed by atoms with E-state index in [9.17, 15) is 19.2 Å². The average molecular weight is 311 g/mol. The summed E-state index contributed by atoms with van der Waals surface area (Å²) in [7, 11) is 0. The van der Waals surface area contributed by atoms with E-state index in [0.29, 0.717) is 0 Å². The van der Waals surface area contributed by atoms with Gasteiger partial charge in [-0.3, -0.25) is 19.3 Å². The van der Waals surface area contributed by atoms with Crippen LogP contribution < -0.4 is 10.6 Å². The second-order valence-corrected chi connectivity index (χ2v) is 5.69. The topological polar surface area (TPSA) is 105 Å². The number of amides is 4. The predicted molar refractivity (Wildman–Crippen MR) is 77.7 cm³/mol. The Kier molecular flexibility index (Phi) is 6.09. The average Bonchev–Trinajstić information content (AvgIpc) is 2.68. The molecule has 4 amide bonds. The lowest BCUT2D eigenvalue weighted by Crippen LogP contribution is -2.39. The first kappa shape index (κ1) is 17.7. The maximum absolute atomic E-state index is 11.5. The molecule has 1 aliphatic heterocycles. The first-order valence-corrected chi connectivity index (χ1v) is 6.96. The summed E-state index contributed by atoms with van der Waals surface area (Å²) in [6, 6.07) is 0. The van der Waals surface area contributed by atoms with Crippen LogP contribution in [-0.4, -0.2) is 54.0 Å². The van der Waals surface area contributed by atoms with Crippen molar-refractivity contribution < 1.29 is 23.9 Å². The first-order valence-electron chi connectivity index (χ1n) is 6.96. The van der Waals surface area contributed by atoms with Gasteiger partial charge in [0, 0.05) is 38.2 Å². The number of hydrogen-bond acceptors (Lipinski definition) is 5. The van der Waals surface area contributed by atoms with Gasteiger partial charge in [0.1, 0.15) is 5.60 Å². The Morgan fingerprint density at radius 1 is 1.09 bits per heavy atom. The van der Waals surface area contributed by atoms with Crippen LogP contribution in [0.5, 0.6) is 0 Å². The molecule has 8 heteroatoms. The van der Waals surface area contributed by atoms with Crippen molar-refractivity contribution in [3.05, 3.63) is 12.2 Å². The lowest BCUT2D eigenvalue weighted by molar-refractivity contribution is -0.137. The standard InChI is InChI=1S/C14H21N3O5/c1-14(2,3)22-13(21)16-7-6-10(18)15-8-9-17-11(19)4-5-12(17)20/h4-5H,6-9H2,1-3H3,(H,15,18)(H,16,21). The molecule has 0 aromatic rings. The van der Waals surface area contributed by atoms with Crippen LogP contribution in [0.3, 0.4) is 0 Å². The van der Waals surface area contributed by atoms with Gasteiger partial charge in [0.25, 0.3) is 11.8 Å². The summed E-state index contributed by atoms with van der Waals surface area (Å²) in [4.78, 5) is 46.5. The summed E-state index contributed by atoms with van der Waals surface area (Å²) >= 11 is 0. The molecule has 1 heterocycles. The number of hydrogen-bond donors (Lipinski definition) is 2. The molecule has 122 valence electrons. The van der Waals surface area contributed by atoms with Gasteiger partial charge in [-0.25, -0.2) is 4.79 Å². The quantitative estimate of drug-likeness (QED) is 0.669. The van der Waals surface area contributed by atoms with Crippen LogP contribution in [0.1, 0.15) is 27.2 Å². The lowest BCUT2D eigenvalue weighted by Gasteiger charge is -2.19. The van der Waals surface area contributed by atoms with E-state index >= 15 is 0 Å². The minimum atomic E-state index is -0.588. The number of nitrogens with zero attached hydrogens (tertiary/aromatic N) is 1. The zero-order valence-electron chi connectivity index (χ0n) is 13.0. The van der Waals surface area contributed by atoms with Crippen molar-refractivity contribution in [1.82, 2.24) is 15.5 Å². The van der Waals surface area contributed by atoms with Crippen molar-refractivity contribution in [1.29, 1.82) is 0 Å². The highest BCUT2D eigenvalue weighted by Gasteiger charge is 2.22. The summed E-state index contributed by atoms with van der Waals surface area (Å²) in [6.07, 6.45) is 1.88. The van der Waals surface area contributed by atoms with Gasteiger partial charge in [0.2, 0.25) is 5.91 Å². The lowest BCUT2D eigenvalue weighted by atomic mass is 10.2. The fraction of sp³-hybridized carbons (Fsp3) is 0.571. The normalized spacial score (nSPS) is 14.2. The van der Waals surface area contributed by atoms with Gasteiger partial charge in [-0.05, 0) is 20.8 Å². The van der Waals surface area contributed by atoms with Crippen LogP contribution in [0.15, 0.2) is 12.2 Å². The van der Waals surface area contributed by atoms with Crippen LogP contribution in [-0.2, 0) is 19.1 Å². The molecule has 0 saturated heterocycles. The molecule has 0 spiro atoms. The van der Waals surface area contributed by atoms with Gasteiger partial charge in [-0.15, -0.1) is 0 Å². The van der Waals surface area contributed by atoms with E-state index in [-0.39, 0.29) is 43.8 Å². The maximum atomic E-state index is 11.5. The number of carbonyl (C=O) groups excluding carboxylic acids is 4. The molecule has 1 aliphatic rings. The second-order valence-electron chi connectivity index (χ2n) is 5.69. The summed E-state index contributed by atoms with van der Waals surface area (Å²) in [5.74, 6) is -1.06. The fourth-order valence-corrected chi connectivity index (χ4v) is 1.64. The van der Waals surface area contributed by atoms with E-state index in [1.807, 2.05) is 0 Å². The van der Waals surface area contributed by atoms with Gasteiger partial charge in [0.15, 0.2) is 0 Å². The third kappa shape index (κ3) is 6.38. The monoisotopic (exact) mass is 311 g/mol. The molecule has 0 fully saturated rings. The number of imide groups is 1. The van der Waals surface area contributed by atoms with E-state index in [4.69, 9.17) is 4.74 Å². The Bertz CT molecular complexity index is 475. The summed E-state index contributed by atoms with van der Waals surface area (Å²) in [5.41, 5.74) is -0.588. The zero-order chi connectivity index (χ0) is 16.8. The van der Waals surface area contributed by atoms with Crippen LogP contribution >= 0.6 is 0 Å². The Balaban J connectivity index is 2.13. The number of nitrogens with one attached hydrogen (secondary N) is 2. The van der Waals surface area contributed by atoms with E-state index in [1.54, 1.807) is 20.8 Å². The van der Waals surface area contributed by atoms with Crippen molar-refractivity contribution in [2.24, 2.45) is 0 Å². The molecule has 0 saturated carbocycles. The number of ether oxygens (including phenoxy) is 1. The van der Waals surface area contributed by atoms with E-state index in [1.165, 1.54) is 12.2 Å². The minimum Gasteiger partial charge on any atom is -0.444 e. The van der Waals surface area contributed by atoms with Crippen molar-refractivity contribution in [3.63, 3.8) is 0 Å². The third-order valence-corrected chi connectivity index (χ3v) is 2.58. The molecule has 0 atom stereocenters. The Hall–Kier alpha value is -2.38. The van der Waals surface area contributed by atoms with Gasteiger partial charge in [-0.2, -0.15) is 0 Å². The van der Waals surface area contributed by atoms with Gasteiger partial charge in [0.05, 0.1) is 0 Å². The SMILES string of the molecule is CC(C)(C)OC(=O)NCCC(=O)NCCN1C(=O)C=CC1=O. The molecule has 0 aromatic heterocycles. The smallest absolute Gasteiger partial charge is 0.407 e. The minimum absolute atomic E-state index is 0.0827. The van der Waals surface area contributed by atoms with Crippen molar-refractivity contribution in [2.45, 2.75) is 32.8 Å². The molecule has 0 bridgehead atoms. The van der Waals surface area contributed by atoms with Gasteiger partial charge >= 0.3 is 6.09 Å². The number of rotatable bonds is 6. The van der Waals surface area contributed by atoms with Crippen LogP contribution in [0.2, 0.25) is 0 Å². The van der Waals surface area contributed by atoms with E-state index in [0.717, 1.165) is 4.90 Å². The highest BCUT2D eigenvalue weighted by Crippen LogP contribution is 2.06. The van der Waals surface area contributed by atoms with E-state index in [2.05, 4.69) is 10.6 Å². The Morgan fingerprint density at radius 3 is 2.23 bits per heavy atom. The van der Waals surface area contributed by atoms with Crippen molar-refractivity contribution >= 4 is 23.8 Å². The zero-order valence-corrected chi connectivity index (χ0v) is 13.0. The molecular formula is C14H21N3O5. The molecule has 0 aromatic carbocycles. The molecule has 8 nitrogen and oxygen atoms in total. The van der Waals surface area contributed by atoms with Crippen LogP contribution in [0.25, 0.3) is 0 Å². The van der Waals surface area contributed by atoms with Crippen molar-refractivity contribution in [2.75, 3.05) is 19.6 Å². The van der Waals surface area contributed by atoms with Crippen LogP contribution in [0, 0.1) is 0 Å². The molecule has 22 heavy (non-hydrogen) atoms. The molecule has 0 unspecified atom stereocenters. The molecule has 2 N–H and O–H groups in total.